The van der Waals surface area contributed by atoms with Crippen LogP contribution >= 0.6 is 0 Å². The van der Waals surface area contributed by atoms with Crippen LogP contribution in [0, 0.1) is 0 Å². The molecule has 74 valence electrons. The van der Waals surface area contributed by atoms with E-state index in [1.165, 1.54) is 6.42 Å². The second kappa shape index (κ2) is 5.18. The minimum Gasteiger partial charge on any atom is -0.407 e. The van der Waals surface area contributed by atoms with Gasteiger partial charge in [-0.1, -0.05) is 30.3 Å². The van der Waals surface area contributed by atoms with Crippen molar-refractivity contribution in [1.29, 1.82) is 0 Å². The van der Waals surface area contributed by atoms with E-state index in [1.54, 1.807) is 0 Å². The largest absolute Gasteiger partial charge is 0.493 e. The van der Waals surface area contributed by atoms with Crippen molar-refractivity contribution in [2.75, 3.05) is 13.2 Å². The van der Waals surface area contributed by atoms with Crippen LogP contribution in [0.3, 0.4) is 0 Å². The molecule has 3 heteroatoms. The van der Waals surface area contributed by atoms with E-state index < -0.39 is 0 Å². The molecule has 1 heterocycles. The molecule has 1 aromatic rings. The van der Waals surface area contributed by atoms with Crippen LogP contribution in [-0.4, -0.2) is 20.3 Å². The van der Waals surface area contributed by atoms with Crippen LogP contribution in [-0.2, 0) is 9.31 Å². The average Bonchev–Trinajstić information content (AvgIpc) is 2.18. The molecular formula is C11H15BO2. The van der Waals surface area contributed by atoms with Gasteiger partial charge in [0.1, 0.15) is 0 Å². The van der Waals surface area contributed by atoms with Crippen molar-refractivity contribution in [3.63, 3.8) is 0 Å². The summed E-state index contributed by atoms with van der Waals surface area (Å²) in [5.74, 6) is 0. The minimum absolute atomic E-state index is 0.156. The maximum absolute atomic E-state index is 5.65. The van der Waals surface area contributed by atoms with Crippen LogP contribution in [0.25, 0.3) is 0 Å². The first kappa shape index (κ1) is 9.75. The molecule has 0 bridgehead atoms. The molecule has 0 radical (unpaired) electrons. The van der Waals surface area contributed by atoms with Crippen LogP contribution in [0.4, 0.5) is 0 Å². The number of hydrogen-bond acceptors (Lipinski definition) is 2. The van der Waals surface area contributed by atoms with Gasteiger partial charge in [0.2, 0.25) is 0 Å². The highest BCUT2D eigenvalue weighted by Crippen LogP contribution is 2.04. The number of benzene rings is 1. The minimum atomic E-state index is -0.156. The fourth-order valence-electron chi connectivity index (χ4n) is 1.61. The molecule has 0 unspecified atom stereocenters. The topological polar surface area (TPSA) is 18.5 Å². The van der Waals surface area contributed by atoms with Gasteiger partial charge in [-0.15, -0.1) is 0 Å². The van der Waals surface area contributed by atoms with Gasteiger partial charge in [0, 0.05) is 13.2 Å². The first-order valence-electron chi connectivity index (χ1n) is 5.25. The lowest BCUT2D eigenvalue weighted by Crippen LogP contribution is -2.38. The highest BCUT2D eigenvalue weighted by atomic mass is 16.6. The zero-order chi connectivity index (χ0) is 9.64. The lowest BCUT2D eigenvalue weighted by molar-refractivity contribution is 0.179. The number of hydrogen-bond donors (Lipinski definition) is 0. The quantitative estimate of drug-likeness (QED) is 0.626. The van der Waals surface area contributed by atoms with Crippen LogP contribution < -0.4 is 5.46 Å². The van der Waals surface area contributed by atoms with Gasteiger partial charge in [-0.25, -0.2) is 0 Å². The van der Waals surface area contributed by atoms with Gasteiger partial charge in [0.15, 0.2) is 0 Å². The maximum Gasteiger partial charge on any atom is 0.493 e. The van der Waals surface area contributed by atoms with E-state index in [9.17, 15) is 0 Å². The monoisotopic (exact) mass is 190 g/mol. The molecule has 0 aromatic heterocycles. The van der Waals surface area contributed by atoms with Gasteiger partial charge in [-0.3, -0.25) is 0 Å². The Bertz CT molecular complexity index is 255. The molecule has 0 aliphatic carbocycles. The Morgan fingerprint density at radius 2 is 1.50 bits per heavy atom. The van der Waals surface area contributed by atoms with E-state index in [2.05, 4.69) is 0 Å². The average molecular weight is 190 g/mol. The Hall–Kier alpha value is -0.795. The van der Waals surface area contributed by atoms with Gasteiger partial charge in [0.25, 0.3) is 0 Å². The zero-order valence-corrected chi connectivity index (χ0v) is 8.32. The lowest BCUT2D eigenvalue weighted by Gasteiger charge is -2.17. The highest BCUT2D eigenvalue weighted by molar-refractivity contribution is 6.61. The Morgan fingerprint density at radius 3 is 2.14 bits per heavy atom. The maximum atomic E-state index is 5.65. The molecule has 1 aliphatic heterocycles. The van der Waals surface area contributed by atoms with Gasteiger partial charge in [-0.05, 0) is 24.7 Å². The molecule has 0 saturated carbocycles. The Morgan fingerprint density at radius 1 is 0.857 bits per heavy atom. The third-order valence-electron chi connectivity index (χ3n) is 2.40. The molecule has 1 aliphatic rings. The second-order valence-corrected chi connectivity index (χ2v) is 3.54. The van der Waals surface area contributed by atoms with Crippen molar-refractivity contribution in [2.45, 2.75) is 19.3 Å². The van der Waals surface area contributed by atoms with Gasteiger partial charge >= 0.3 is 7.12 Å². The van der Waals surface area contributed by atoms with Crippen molar-refractivity contribution in [1.82, 2.24) is 0 Å². The van der Waals surface area contributed by atoms with E-state index in [0.717, 1.165) is 31.5 Å². The second-order valence-electron chi connectivity index (χ2n) is 3.54. The van der Waals surface area contributed by atoms with E-state index in [0.29, 0.717) is 0 Å². The molecule has 2 nitrogen and oxygen atoms in total. The van der Waals surface area contributed by atoms with Crippen LogP contribution in [0.5, 0.6) is 0 Å². The summed E-state index contributed by atoms with van der Waals surface area (Å²) >= 11 is 0. The summed E-state index contributed by atoms with van der Waals surface area (Å²) in [6.07, 6.45) is 3.50. The first-order chi connectivity index (χ1) is 6.97. The summed E-state index contributed by atoms with van der Waals surface area (Å²) in [6.45, 7) is 1.61. The van der Waals surface area contributed by atoms with E-state index >= 15 is 0 Å². The third kappa shape index (κ3) is 2.60. The molecule has 0 spiro atoms. The third-order valence-corrected chi connectivity index (χ3v) is 2.40. The molecule has 0 amide bonds. The molecule has 0 atom stereocenters. The predicted molar refractivity (Wildman–Crippen MR) is 57.6 cm³/mol. The number of rotatable bonds is 1. The Balaban J connectivity index is 2.01. The van der Waals surface area contributed by atoms with E-state index in [-0.39, 0.29) is 7.12 Å². The molecule has 0 N–H and O–H groups in total. The van der Waals surface area contributed by atoms with Crippen molar-refractivity contribution in [3.8, 4) is 0 Å². The fourth-order valence-corrected chi connectivity index (χ4v) is 1.61. The smallest absolute Gasteiger partial charge is 0.407 e. The molecule has 1 aromatic carbocycles. The van der Waals surface area contributed by atoms with Gasteiger partial charge in [0.05, 0.1) is 0 Å². The van der Waals surface area contributed by atoms with Crippen LogP contribution in [0.2, 0.25) is 0 Å². The van der Waals surface area contributed by atoms with Crippen LogP contribution in [0.15, 0.2) is 30.3 Å². The fraction of sp³-hybridized carbons (Fsp3) is 0.455. The Labute approximate surface area is 85.4 Å². The van der Waals surface area contributed by atoms with Gasteiger partial charge in [-0.2, -0.15) is 0 Å². The van der Waals surface area contributed by atoms with Crippen molar-refractivity contribution >= 4 is 12.6 Å². The zero-order valence-electron chi connectivity index (χ0n) is 8.32. The summed E-state index contributed by atoms with van der Waals surface area (Å²) in [4.78, 5) is 0. The summed E-state index contributed by atoms with van der Waals surface area (Å²) in [5.41, 5.74) is 1.12. The van der Waals surface area contributed by atoms with E-state index in [1.807, 2.05) is 30.3 Å². The molecule has 14 heavy (non-hydrogen) atoms. The SMILES string of the molecule is c1ccc(B2OCCCCCO2)cc1. The predicted octanol–water partition coefficient (Wildman–Crippen LogP) is 1.60. The van der Waals surface area contributed by atoms with Crippen molar-refractivity contribution < 1.29 is 9.31 Å². The van der Waals surface area contributed by atoms with Crippen molar-refractivity contribution in [2.24, 2.45) is 0 Å². The summed E-state index contributed by atoms with van der Waals surface area (Å²) < 4.78 is 11.3. The van der Waals surface area contributed by atoms with Crippen LogP contribution in [0.1, 0.15) is 19.3 Å². The first-order valence-corrected chi connectivity index (χ1v) is 5.25. The molecule has 2 rings (SSSR count). The normalized spacial score (nSPS) is 18.7. The summed E-state index contributed by atoms with van der Waals surface area (Å²) in [6, 6.07) is 10.1. The lowest BCUT2D eigenvalue weighted by atomic mass is 9.78. The molecule has 1 saturated heterocycles. The molecule has 1 fully saturated rings. The standard InChI is InChI=1S/C11H15BO2/c1-3-7-11(8-4-1)12-13-9-5-2-6-10-14-12/h1,3-4,7-8H,2,5-6,9-10H2. The van der Waals surface area contributed by atoms with E-state index in [4.69, 9.17) is 9.31 Å². The summed E-state index contributed by atoms with van der Waals surface area (Å²) in [5, 5.41) is 0. The highest BCUT2D eigenvalue weighted by Gasteiger charge is 2.21. The Kier molecular flexibility index (Phi) is 3.60. The summed E-state index contributed by atoms with van der Waals surface area (Å²) in [7, 11) is -0.156. The van der Waals surface area contributed by atoms with Gasteiger partial charge < -0.3 is 9.31 Å². The molecular weight excluding hydrogens is 175 g/mol. The van der Waals surface area contributed by atoms with Crippen molar-refractivity contribution in [3.05, 3.63) is 30.3 Å².